The van der Waals surface area contributed by atoms with Crippen LogP contribution in [-0.2, 0) is 4.79 Å². The number of nitrogens with zero attached hydrogens (tertiary/aromatic N) is 1. The number of hydrogen-bond donors (Lipinski definition) is 1. The summed E-state index contributed by atoms with van der Waals surface area (Å²) in [6.07, 6.45) is 5.52. The number of aromatic nitrogens is 1. The molecule has 1 heterocycles. The molecule has 2 aromatic carbocycles. The van der Waals surface area contributed by atoms with Gasteiger partial charge in [-0.2, -0.15) is 4.57 Å². The summed E-state index contributed by atoms with van der Waals surface area (Å²) in [5.74, 6) is -0.423. The van der Waals surface area contributed by atoms with Crippen molar-refractivity contribution < 1.29 is 18.9 Å². The molecule has 0 amide bonds. The average Bonchev–Trinajstić information content (AvgIpc) is 2.73. The molecule has 0 aliphatic heterocycles. The van der Waals surface area contributed by atoms with Crippen LogP contribution in [0.1, 0.15) is 44.1 Å². The summed E-state index contributed by atoms with van der Waals surface area (Å²) in [6, 6.07) is 14.5. The number of hydrogen-bond acceptors (Lipinski definition) is 2. The first-order valence-electron chi connectivity index (χ1n) is 9.99. The van der Waals surface area contributed by atoms with Crippen LogP contribution < -0.4 is 4.57 Å². The molecule has 1 N–H and O–H groups in total. The van der Waals surface area contributed by atoms with Gasteiger partial charge in [0.25, 0.3) is 0 Å². The SMILES string of the molecule is CC(C=O)C1(O)CCC(c2cc[n+](-c3ccc(Cl)cc3)c3ccc(F)cc23)CC1. The van der Waals surface area contributed by atoms with Crippen molar-refractivity contribution in [1.82, 2.24) is 0 Å². The molecule has 1 fully saturated rings. The predicted molar refractivity (Wildman–Crippen MR) is 112 cm³/mol. The monoisotopic (exact) mass is 412 g/mol. The molecule has 1 aromatic heterocycles. The third-order valence-electron chi connectivity index (χ3n) is 6.38. The Hall–Kier alpha value is -2.30. The first-order valence-corrected chi connectivity index (χ1v) is 10.4. The van der Waals surface area contributed by atoms with Crippen molar-refractivity contribution in [2.45, 2.75) is 44.1 Å². The highest BCUT2D eigenvalue weighted by Crippen LogP contribution is 2.42. The summed E-state index contributed by atoms with van der Waals surface area (Å²) in [6.45, 7) is 1.77. The maximum absolute atomic E-state index is 14.1. The molecule has 1 aliphatic carbocycles. The maximum Gasteiger partial charge on any atom is 0.218 e. The second-order valence-corrected chi connectivity index (χ2v) is 8.52. The van der Waals surface area contributed by atoms with Crippen LogP contribution in [-0.4, -0.2) is 17.0 Å². The molecule has 4 rings (SSSR count). The molecule has 3 aromatic rings. The Bertz CT molecular complexity index is 1040. The van der Waals surface area contributed by atoms with Crippen molar-refractivity contribution in [1.29, 1.82) is 0 Å². The van der Waals surface area contributed by atoms with Gasteiger partial charge in [0.2, 0.25) is 11.2 Å². The Balaban J connectivity index is 1.73. The van der Waals surface area contributed by atoms with E-state index in [0.29, 0.717) is 17.9 Å². The number of halogens is 2. The number of benzene rings is 2. The van der Waals surface area contributed by atoms with E-state index in [1.165, 1.54) is 6.07 Å². The molecule has 1 atom stereocenters. The Labute approximate surface area is 174 Å². The summed E-state index contributed by atoms with van der Waals surface area (Å²) in [4.78, 5) is 11.2. The van der Waals surface area contributed by atoms with Gasteiger partial charge in [-0.25, -0.2) is 4.39 Å². The highest BCUT2D eigenvalue weighted by Gasteiger charge is 2.38. The van der Waals surface area contributed by atoms with Gasteiger partial charge < -0.3 is 9.90 Å². The fourth-order valence-electron chi connectivity index (χ4n) is 4.47. The zero-order valence-corrected chi connectivity index (χ0v) is 17.1. The van der Waals surface area contributed by atoms with Gasteiger partial charge in [0, 0.05) is 35.2 Å². The number of aldehydes is 1. The smallest absolute Gasteiger partial charge is 0.218 e. The number of carbonyl (C=O) groups is 1. The van der Waals surface area contributed by atoms with Crippen molar-refractivity contribution in [2.75, 3.05) is 0 Å². The maximum atomic E-state index is 14.1. The minimum Gasteiger partial charge on any atom is -0.389 e. The van der Waals surface area contributed by atoms with E-state index in [0.717, 1.165) is 41.3 Å². The minimum absolute atomic E-state index is 0.221. The molecule has 3 nitrogen and oxygen atoms in total. The van der Waals surface area contributed by atoms with E-state index in [1.807, 2.05) is 35.0 Å². The average molecular weight is 413 g/mol. The normalized spacial score (nSPS) is 23.1. The van der Waals surface area contributed by atoms with E-state index in [9.17, 15) is 14.3 Å². The van der Waals surface area contributed by atoms with Gasteiger partial charge in [0.15, 0.2) is 6.20 Å². The van der Waals surface area contributed by atoms with Crippen molar-refractivity contribution in [2.24, 2.45) is 5.92 Å². The van der Waals surface area contributed by atoms with Crippen LogP contribution in [0.4, 0.5) is 4.39 Å². The lowest BCUT2D eigenvalue weighted by Crippen LogP contribution is -2.40. The number of fused-ring (bicyclic) bond motifs is 1. The molecule has 1 aliphatic rings. The van der Waals surface area contributed by atoms with Gasteiger partial charge in [-0.3, -0.25) is 0 Å². The highest BCUT2D eigenvalue weighted by atomic mass is 35.5. The van der Waals surface area contributed by atoms with Crippen LogP contribution in [0.15, 0.2) is 54.7 Å². The molecule has 150 valence electrons. The molecule has 5 heteroatoms. The molecule has 1 saturated carbocycles. The summed E-state index contributed by atoms with van der Waals surface area (Å²) >= 11 is 6.02. The molecule has 0 spiro atoms. The van der Waals surface area contributed by atoms with Gasteiger partial charge in [-0.15, -0.1) is 0 Å². The summed E-state index contributed by atoms with van der Waals surface area (Å²) in [7, 11) is 0. The minimum atomic E-state index is -0.933. The van der Waals surface area contributed by atoms with Crippen LogP contribution in [0, 0.1) is 11.7 Å². The second kappa shape index (κ2) is 7.85. The summed E-state index contributed by atoms with van der Waals surface area (Å²) in [5, 5.41) is 12.3. The molecule has 1 unspecified atom stereocenters. The Morgan fingerprint density at radius 3 is 2.52 bits per heavy atom. The van der Waals surface area contributed by atoms with Crippen molar-refractivity contribution in [3.63, 3.8) is 0 Å². The van der Waals surface area contributed by atoms with Crippen molar-refractivity contribution >= 4 is 28.8 Å². The fourth-order valence-corrected chi connectivity index (χ4v) is 4.59. The Kier molecular flexibility index (Phi) is 5.41. The van der Waals surface area contributed by atoms with Crippen LogP contribution in [0.2, 0.25) is 5.02 Å². The lowest BCUT2D eigenvalue weighted by molar-refractivity contribution is -0.567. The van der Waals surface area contributed by atoms with Crippen LogP contribution >= 0.6 is 11.6 Å². The largest absolute Gasteiger partial charge is 0.389 e. The van der Waals surface area contributed by atoms with Crippen LogP contribution in [0.3, 0.4) is 0 Å². The molecule has 0 bridgehead atoms. The number of aliphatic hydroxyl groups is 1. The van der Waals surface area contributed by atoms with Gasteiger partial charge in [0.1, 0.15) is 12.1 Å². The second-order valence-electron chi connectivity index (χ2n) is 8.08. The quantitative estimate of drug-likeness (QED) is 0.476. The lowest BCUT2D eigenvalue weighted by Gasteiger charge is -2.38. The van der Waals surface area contributed by atoms with Crippen LogP contribution in [0.5, 0.6) is 0 Å². The van der Waals surface area contributed by atoms with E-state index in [2.05, 4.69) is 6.07 Å². The molecule has 29 heavy (non-hydrogen) atoms. The van der Waals surface area contributed by atoms with E-state index in [-0.39, 0.29) is 17.7 Å². The first kappa shape index (κ1) is 20.0. The van der Waals surface area contributed by atoms with Gasteiger partial charge in [-0.1, -0.05) is 18.5 Å². The third kappa shape index (κ3) is 3.79. The molecular formula is C24H24ClFNO2+. The zero-order chi connectivity index (χ0) is 20.6. The number of rotatable bonds is 4. The Morgan fingerprint density at radius 1 is 1.17 bits per heavy atom. The standard InChI is InChI=1S/C24H24ClFNO2/c1-16(15-28)24(29)11-8-17(9-12-24)21-10-13-27(20-5-2-18(25)3-6-20)23-7-4-19(26)14-22(21)23/h2-7,10,13-17,29H,8-9,11-12H2,1H3/q+1. The fraction of sp³-hybridized carbons (Fsp3) is 0.333. The van der Waals surface area contributed by atoms with Crippen molar-refractivity contribution in [3.8, 4) is 5.69 Å². The van der Waals surface area contributed by atoms with Crippen LogP contribution in [0.25, 0.3) is 16.6 Å². The molecule has 0 saturated heterocycles. The van der Waals surface area contributed by atoms with Gasteiger partial charge >= 0.3 is 0 Å². The van der Waals surface area contributed by atoms with E-state index in [1.54, 1.807) is 19.1 Å². The topological polar surface area (TPSA) is 41.2 Å². The van der Waals surface area contributed by atoms with E-state index < -0.39 is 5.60 Å². The number of carbonyl (C=O) groups excluding carboxylic acids is 1. The Morgan fingerprint density at radius 2 is 1.86 bits per heavy atom. The predicted octanol–water partition coefficient (Wildman–Crippen LogP) is 5.13. The molecule has 0 radical (unpaired) electrons. The number of pyridine rings is 1. The molecular weight excluding hydrogens is 389 g/mol. The highest BCUT2D eigenvalue weighted by molar-refractivity contribution is 6.30. The zero-order valence-electron chi connectivity index (χ0n) is 16.3. The lowest BCUT2D eigenvalue weighted by atomic mass is 9.71. The third-order valence-corrected chi connectivity index (χ3v) is 6.63. The summed E-state index contributed by atoms with van der Waals surface area (Å²) in [5.41, 5.74) is 2.03. The van der Waals surface area contributed by atoms with E-state index in [4.69, 9.17) is 11.6 Å². The van der Waals surface area contributed by atoms with E-state index >= 15 is 0 Å². The van der Waals surface area contributed by atoms with Gasteiger partial charge in [0.05, 0.1) is 11.0 Å². The van der Waals surface area contributed by atoms with Gasteiger partial charge in [-0.05, 0) is 61.4 Å². The van der Waals surface area contributed by atoms with Crippen molar-refractivity contribution in [3.05, 3.63) is 71.1 Å². The summed E-state index contributed by atoms with van der Waals surface area (Å²) < 4.78 is 16.2. The first-order chi connectivity index (χ1) is 13.9.